The van der Waals surface area contributed by atoms with Gasteiger partial charge in [-0.25, -0.2) is 13.1 Å². The molecule has 0 unspecified atom stereocenters. The van der Waals surface area contributed by atoms with Gasteiger partial charge in [-0.15, -0.1) is 0 Å². The molecule has 0 amide bonds. The van der Waals surface area contributed by atoms with Crippen LogP contribution in [0.5, 0.6) is 23.0 Å². The Morgan fingerprint density at radius 3 is 2.33 bits per heavy atom. The summed E-state index contributed by atoms with van der Waals surface area (Å²) < 4.78 is 43.8. The molecule has 0 bridgehead atoms. The van der Waals surface area contributed by atoms with Crippen LogP contribution in [0, 0.1) is 0 Å². The molecule has 0 radical (unpaired) electrons. The molecule has 4 rings (SSSR count). The van der Waals surface area contributed by atoms with Gasteiger partial charge in [0.2, 0.25) is 16.8 Å². The highest BCUT2D eigenvalue weighted by molar-refractivity contribution is 7.89. The van der Waals surface area contributed by atoms with Gasteiger partial charge in [-0.1, -0.05) is 24.3 Å². The van der Waals surface area contributed by atoms with Crippen LogP contribution in [0.25, 0.3) is 0 Å². The van der Waals surface area contributed by atoms with Crippen LogP contribution in [-0.2, 0) is 16.6 Å². The zero-order chi connectivity index (χ0) is 18.7. The van der Waals surface area contributed by atoms with Crippen molar-refractivity contribution in [2.24, 2.45) is 0 Å². The third-order valence-corrected chi connectivity index (χ3v) is 5.43. The zero-order valence-corrected chi connectivity index (χ0v) is 15.1. The maximum Gasteiger partial charge on any atom is 0.240 e. The first-order valence-electron chi connectivity index (χ1n) is 8.31. The van der Waals surface area contributed by atoms with Crippen molar-refractivity contribution in [2.45, 2.75) is 11.4 Å². The molecule has 1 aliphatic heterocycles. The Hall–Kier alpha value is -3.03. The molecule has 0 saturated heterocycles. The zero-order valence-electron chi connectivity index (χ0n) is 14.3. The number of para-hydroxylation sites is 1. The molecule has 138 valence electrons. The molecule has 3 aromatic carbocycles. The minimum Gasteiger partial charge on any atom is -0.457 e. The van der Waals surface area contributed by atoms with E-state index in [4.69, 9.17) is 14.2 Å². The van der Waals surface area contributed by atoms with Crippen molar-refractivity contribution in [2.75, 3.05) is 6.79 Å². The molecule has 6 nitrogen and oxygen atoms in total. The smallest absolute Gasteiger partial charge is 0.240 e. The maximum absolute atomic E-state index is 12.5. The molecule has 0 spiro atoms. The minimum atomic E-state index is -3.64. The van der Waals surface area contributed by atoms with Crippen molar-refractivity contribution in [3.63, 3.8) is 0 Å². The molecule has 1 N–H and O–H groups in total. The lowest BCUT2D eigenvalue weighted by Crippen LogP contribution is -2.23. The monoisotopic (exact) mass is 383 g/mol. The van der Waals surface area contributed by atoms with Crippen LogP contribution < -0.4 is 18.9 Å². The predicted molar refractivity (Wildman–Crippen MR) is 99.5 cm³/mol. The molecule has 1 aliphatic rings. The van der Waals surface area contributed by atoms with Crippen molar-refractivity contribution >= 4 is 10.0 Å². The first-order chi connectivity index (χ1) is 13.1. The van der Waals surface area contributed by atoms with E-state index in [0.717, 1.165) is 5.56 Å². The molecular weight excluding hydrogens is 366 g/mol. The fraction of sp³-hybridized carbons (Fsp3) is 0.100. The van der Waals surface area contributed by atoms with E-state index in [1.165, 1.54) is 12.1 Å². The highest BCUT2D eigenvalue weighted by Crippen LogP contribution is 2.32. The molecule has 0 aliphatic carbocycles. The number of ether oxygens (including phenoxy) is 3. The van der Waals surface area contributed by atoms with Crippen molar-refractivity contribution in [3.05, 3.63) is 78.4 Å². The summed E-state index contributed by atoms with van der Waals surface area (Å²) in [5.74, 6) is 2.54. The third-order valence-electron chi connectivity index (χ3n) is 4.02. The molecule has 1 heterocycles. The van der Waals surface area contributed by atoms with Gasteiger partial charge in [0.1, 0.15) is 11.5 Å². The van der Waals surface area contributed by atoms with Crippen molar-refractivity contribution < 1.29 is 22.6 Å². The molecular formula is C20H17NO5S. The fourth-order valence-electron chi connectivity index (χ4n) is 2.62. The summed E-state index contributed by atoms with van der Waals surface area (Å²) in [5.41, 5.74) is 0.784. The Morgan fingerprint density at radius 2 is 1.56 bits per heavy atom. The quantitative estimate of drug-likeness (QED) is 0.703. The van der Waals surface area contributed by atoms with E-state index in [0.29, 0.717) is 23.0 Å². The second kappa shape index (κ2) is 7.30. The summed E-state index contributed by atoms with van der Waals surface area (Å²) in [4.78, 5) is 0.170. The van der Waals surface area contributed by atoms with Crippen LogP contribution in [0.4, 0.5) is 0 Å². The number of benzene rings is 3. The van der Waals surface area contributed by atoms with Crippen LogP contribution in [-0.4, -0.2) is 15.2 Å². The number of fused-ring (bicyclic) bond motifs is 1. The molecule has 0 aromatic heterocycles. The van der Waals surface area contributed by atoms with Gasteiger partial charge in [0.05, 0.1) is 4.90 Å². The van der Waals surface area contributed by atoms with Crippen LogP contribution in [0.1, 0.15) is 5.56 Å². The highest BCUT2D eigenvalue weighted by Gasteiger charge is 2.16. The number of hydrogen-bond donors (Lipinski definition) is 1. The number of hydrogen-bond acceptors (Lipinski definition) is 5. The molecule has 0 fully saturated rings. The van der Waals surface area contributed by atoms with Crippen LogP contribution in [0.2, 0.25) is 0 Å². The number of rotatable bonds is 6. The van der Waals surface area contributed by atoms with Crippen LogP contribution in [0.3, 0.4) is 0 Å². The predicted octanol–water partition coefficient (Wildman–Crippen LogP) is 3.69. The summed E-state index contributed by atoms with van der Waals surface area (Å²) in [6.45, 7) is 0.336. The average molecular weight is 383 g/mol. The van der Waals surface area contributed by atoms with E-state index in [2.05, 4.69) is 4.72 Å². The first kappa shape index (κ1) is 17.4. The lowest BCUT2D eigenvalue weighted by molar-refractivity contribution is 0.174. The molecule has 0 atom stereocenters. The van der Waals surface area contributed by atoms with E-state index < -0.39 is 10.0 Å². The van der Waals surface area contributed by atoms with Gasteiger partial charge in [-0.05, 0) is 54.1 Å². The lowest BCUT2D eigenvalue weighted by Gasteiger charge is -2.09. The second-order valence-electron chi connectivity index (χ2n) is 5.90. The summed E-state index contributed by atoms with van der Waals surface area (Å²) in [7, 11) is -3.64. The largest absolute Gasteiger partial charge is 0.457 e. The van der Waals surface area contributed by atoms with Crippen molar-refractivity contribution in [3.8, 4) is 23.0 Å². The highest BCUT2D eigenvalue weighted by atomic mass is 32.2. The van der Waals surface area contributed by atoms with E-state index in [1.54, 1.807) is 30.3 Å². The summed E-state index contributed by atoms with van der Waals surface area (Å²) in [5, 5.41) is 0. The van der Waals surface area contributed by atoms with E-state index in [1.807, 2.05) is 30.3 Å². The van der Waals surface area contributed by atoms with E-state index in [-0.39, 0.29) is 18.2 Å². The summed E-state index contributed by atoms with van der Waals surface area (Å²) >= 11 is 0. The Balaban J connectivity index is 1.42. The molecule has 27 heavy (non-hydrogen) atoms. The van der Waals surface area contributed by atoms with Gasteiger partial charge in [-0.2, -0.15) is 0 Å². The van der Waals surface area contributed by atoms with Crippen LogP contribution in [0.15, 0.2) is 77.7 Å². The Labute approximate surface area is 157 Å². The summed E-state index contributed by atoms with van der Waals surface area (Å²) in [6, 6.07) is 20.9. The summed E-state index contributed by atoms with van der Waals surface area (Å²) in [6.07, 6.45) is 0. The Bertz CT molecular complexity index is 1030. The minimum absolute atomic E-state index is 0.154. The first-order valence-corrected chi connectivity index (χ1v) is 9.80. The Kier molecular flexibility index (Phi) is 4.70. The van der Waals surface area contributed by atoms with Crippen LogP contribution >= 0.6 is 0 Å². The topological polar surface area (TPSA) is 73.9 Å². The SMILES string of the molecule is O=S(=O)(NCc1ccc2c(c1)OCO2)c1ccc(Oc2ccccc2)cc1. The van der Waals surface area contributed by atoms with Gasteiger partial charge in [0.15, 0.2) is 11.5 Å². The maximum atomic E-state index is 12.5. The second-order valence-corrected chi connectivity index (χ2v) is 7.67. The molecule has 0 saturated carbocycles. The standard InChI is InChI=1S/C20H17NO5S/c22-27(23,21-13-15-6-11-19-20(12-15)25-14-24-19)18-9-7-17(8-10-18)26-16-4-2-1-3-5-16/h1-12,21H,13-14H2. The van der Waals surface area contributed by atoms with Gasteiger partial charge in [-0.3, -0.25) is 0 Å². The lowest BCUT2D eigenvalue weighted by atomic mass is 10.2. The molecule has 3 aromatic rings. The van der Waals surface area contributed by atoms with Gasteiger partial charge in [0.25, 0.3) is 0 Å². The van der Waals surface area contributed by atoms with Gasteiger partial charge < -0.3 is 14.2 Å². The van der Waals surface area contributed by atoms with Gasteiger partial charge >= 0.3 is 0 Å². The van der Waals surface area contributed by atoms with Crippen molar-refractivity contribution in [1.82, 2.24) is 4.72 Å². The Morgan fingerprint density at radius 1 is 0.852 bits per heavy atom. The van der Waals surface area contributed by atoms with E-state index >= 15 is 0 Å². The van der Waals surface area contributed by atoms with Gasteiger partial charge in [0, 0.05) is 6.54 Å². The average Bonchev–Trinajstić information content (AvgIpc) is 3.16. The molecule has 7 heteroatoms. The van der Waals surface area contributed by atoms with Crippen molar-refractivity contribution in [1.29, 1.82) is 0 Å². The normalized spacial score (nSPS) is 12.7. The van der Waals surface area contributed by atoms with E-state index in [9.17, 15) is 8.42 Å². The third kappa shape index (κ3) is 4.05. The number of nitrogens with one attached hydrogen (secondary N) is 1. The fourth-order valence-corrected chi connectivity index (χ4v) is 3.64. The number of sulfonamides is 1.